The van der Waals surface area contributed by atoms with Gasteiger partial charge in [-0.05, 0) is 44.1 Å². The lowest BCUT2D eigenvalue weighted by Gasteiger charge is -2.32. The standard InChI is InChI=1S/C20H27IO2/c1-15(7-5-9-17(14-21)13-19(22)23)10-11-18-16(2)8-6-12-20(18,3)4/h5,7,9-11,13,21H,6,8,12,14H2,1-4H3/p+1/b9-5+,11-10+,15-7+,17-13-. The van der Waals surface area contributed by atoms with E-state index in [1.54, 1.807) is 0 Å². The van der Waals surface area contributed by atoms with E-state index in [0.717, 1.165) is 15.6 Å². The summed E-state index contributed by atoms with van der Waals surface area (Å²) < 4.78 is 0.724. The molecule has 23 heavy (non-hydrogen) atoms. The van der Waals surface area contributed by atoms with E-state index in [1.807, 2.05) is 40.8 Å². The van der Waals surface area contributed by atoms with E-state index in [4.69, 9.17) is 5.11 Å². The third-order valence-corrected chi connectivity index (χ3v) is 5.15. The predicted octanol–water partition coefficient (Wildman–Crippen LogP) is 1.87. The molecule has 0 fully saturated rings. The first-order valence-electron chi connectivity index (χ1n) is 8.01. The zero-order valence-corrected chi connectivity index (χ0v) is 16.9. The number of allylic oxidation sites excluding steroid dienone is 9. The van der Waals surface area contributed by atoms with Crippen LogP contribution < -0.4 is 22.6 Å². The molecule has 1 N–H and O–H groups in total. The molecule has 1 aliphatic rings. The molecule has 0 heterocycles. The van der Waals surface area contributed by atoms with Crippen LogP contribution in [0.1, 0.15) is 47.0 Å². The Hall–Kier alpha value is -1.10. The summed E-state index contributed by atoms with van der Waals surface area (Å²) in [5.74, 6) is -0.893. The van der Waals surface area contributed by atoms with Crippen molar-refractivity contribution in [3.05, 3.63) is 58.7 Å². The molecule has 0 aromatic carbocycles. The quantitative estimate of drug-likeness (QED) is 0.304. The smallest absolute Gasteiger partial charge is 0.328 e. The Morgan fingerprint density at radius 1 is 1.35 bits per heavy atom. The molecule has 0 saturated heterocycles. The predicted molar refractivity (Wildman–Crippen MR) is 94.3 cm³/mol. The van der Waals surface area contributed by atoms with Crippen molar-refractivity contribution in [3.8, 4) is 0 Å². The molecule has 0 unspecified atom stereocenters. The minimum Gasteiger partial charge on any atom is -0.478 e. The number of alkyl halides is 1. The zero-order valence-electron chi connectivity index (χ0n) is 14.6. The lowest BCUT2D eigenvalue weighted by Crippen LogP contribution is -3.35. The van der Waals surface area contributed by atoms with E-state index in [9.17, 15) is 4.79 Å². The van der Waals surface area contributed by atoms with E-state index < -0.39 is 5.97 Å². The average molecular weight is 427 g/mol. The van der Waals surface area contributed by atoms with Crippen molar-refractivity contribution in [2.75, 3.05) is 4.43 Å². The Morgan fingerprint density at radius 2 is 2.04 bits per heavy atom. The van der Waals surface area contributed by atoms with Crippen molar-refractivity contribution in [1.29, 1.82) is 0 Å². The van der Waals surface area contributed by atoms with Crippen LogP contribution in [0.25, 0.3) is 0 Å². The fourth-order valence-corrected chi connectivity index (χ4v) is 3.41. The highest BCUT2D eigenvalue weighted by molar-refractivity contribution is 5.81. The fraction of sp³-hybridized carbons (Fsp3) is 0.450. The molecule has 0 bridgehead atoms. The molecule has 1 aliphatic carbocycles. The van der Waals surface area contributed by atoms with Crippen molar-refractivity contribution in [2.45, 2.75) is 47.0 Å². The van der Waals surface area contributed by atoms with Gasteiger partial charge in [0.25, 0.3) is 22.6 Å². The fourth-order valence-electron chi connectivity index (χ4n) is 2.90. The molecule has 0 aromatic heterocycles. The highest BCUT2D eigenvalue weighted by Gasteiger charge is 2.26. The second-order valence-corrected chi connectivity index (χ2v) is 7.56. The van der Waals surface area contributed by atoms with Crippen LogP contribution in [-0.2, 0) is 4.79 Å². The Bertz CT molecular complexity index is 587. The zero-order chi connectivity index (χ0) is 17.5. The van der Waals surface area contributed by atoms with Crippen LogP contribution in [0.15, 0.2) is 58.7 Å². The van der Waals surface area contributed by atoms with Crippen LogP contribution in [-0.4, -0.2) is 15.5 Å². The number of rotatable bonds is 6. The normalized spacial score (nSPS) is 19.9. The highest BCUT2D eigenvalue weighted by atomic mass is 127. The molecular weight excluding hydrogens is 399 g/mol. The number of hydrogen-bond donors (Lipinski definition) is 1. The van der Waals surface area contributed by atoms with Gasteiger partial charge in [-0.3, -0.25) is 0 Å². The van der Waals surface area contributed by atoms with Gasteiger partial charge in [0.1, 0.15) is 0 Å². The van der Waals surface area contributed by atoms with Gasteiger partial charge in [0.2, 0.25) is 0 Å². The Balaban J connectivity index is 2.82. The molecule has 0 saturated carbocycles. The van der Waals surface area contributed by atoms with Gasteiger partial charge in [0.05, 0.1) is 0 Å². The topological polar surface area (TPSA) is 37.3 Å². The molecule has 1 rings (SSSR count). The van der Waals surface area contributed by atoms with E-state index in [1.165, 1.54) is 36.5 Å². The third-order valence-electron chi connectivity index (χ3n) is 4.20. The van der Waals surface area contributed by atoms with Gasteiger partial charge in [-0.15, -0.1) is 0 Å². The van der Waals surface area contributed by atoms with Gasteiger partial charge in [-0.2, -0.15) is 0 Å². The first kappa shape index (κ1) is 19.9. The van der Waals surface area contributed by atoms with E-state index in [0.29, 0.717) is 0 Å². The average Bonchev–Trinajstić information content (AvgIpc) is 2.44. The number of carbonyl (C=O) groups is 1. The molecule has 0 radical (unpaired) electrons. The first-order valence-corrected chi connectivity index (χ1v) is 9.66. The van der Waals surface area contributed by atoms with E-state index >= 15 is 0 Å². The molecule has 0 aromatic rings. The van der Waals surface area contributed by atoms with Gasteiger partial charge in [-0.25, -0.2) is 4.79 Å². The molecular formula is C20H28IO2+. The lowest BCUT2D eigenvalue weighted by molar-refractivity contribution is -0.355. The maximum Gasteiger partial charge on any atom is 0.328 e. The summed E-state index contributed by atoms with van der Waals surface area (Å²) in [6.07, 6.45) is 15.2. The van der Waals surface area contributed by atoms with Gasteiger partial charge >= 0.3 is 5.97 Å². The van der Waals surface area contributed by atoms with Crippen LogP contribution in [0.3, 0.4) is 0 Å². The van der Waals surface area contributed by atoms with E-state index in [-0.39, 0.29) is 5.41 Å². The minimum atomic E-state index is -0.893. The Morgan fingerprint density at radius 3 is 2.61 bits per heavy atom. The first-order chi connectivity index (χ1) is 10.8. The number of halogens is 1. The molecule has 0 atom stereocenters. The van der Waals surface area contributed by atoms with E-state index in [2.05, 4.69) is 39.8 Å². The van der Waals surface area contributed by atoms with Crippen molar-refractivity contribution in [3.63, 3.8) is 0 Å². The summed E-state index contributed by atoms with van der Waals surface area (Å²) in [5, 5.41) is 8.79. The second kappa shape index (κ2) is 9.26. The molecule has 3 heteroatoms. The summed E-state index contributed by atoms with van der Waals surface area (Å²) in [6.45, 7) is 8.95. The maximum absolute atomic E-state index is 10.7. The Kier molecular flexibility index (Phi) is 8.03. The molecule has 0 amide bonds. The summed E-state index contributed by atoms with van der Waals surface area (Å²) in [5.41, 5.74) is 5.20. The lowest BCUT2D eigenvalue weighted by atomic mass is 9.72. The number of aliphatic carboxylic acids is 1. The van der Waals surface area contributed by atoms with Crippen LogP contribution in [0.4, 0.5) is 0 Å². The number of hydrogen-bond acceptors (Lipinski definition) is 1. The molecule has 0 spiro atoms. The molecule has 2 nitrogen and oxygen atoms in total. The number of carboxylic acids is 1. The molecule has 0 aliphatic heterocycles. The van der Waals surface area contributed by atoms with Gasteiger partial charge in [-0.1, -0.05) is 55.4 Å². The summed E-state index contributed by atoms with van der Waals surface area (Å²) in [6, 6.07) is 0. The summed E-state index contributed by atoms with van der Waals surface area (Å²) in [4.78, 5) is 10.7. The van der Waals surface area contributed by atoms with Gasteiger partial charge in [0, 0.05) is 11.6 Å². The molecule has 126 valence electrons. The monoisotopic (exact) mass is 427 g/mol. The van der Waals surface area contributed by atoms with Crippen molar-refractivity contribution >= 4 is 5.97 Å². The SMILES string of the molecule is CC1=C(/C=C/C(C)=C/C=C/C(=C/C(=O)O)C[IH+])C(C)(C)CCC1. The second-order valence-electron chi connectivity index (χ2n) is 6.74. The Labute approximate surface area is 153 Å². The third kappa shape index (κ3) is 6.90. The van der Waals surface area contributed by atoms with Crippen molar-refractivity contribution in [2.24, 2.45) is 5.41 Å². The van der Waals surface area contributed by atoms with Gasteiger partial charge < -0.3 is 5.11 Å². The highest BCUT2D eigenvalue weighted by Crippen LogP contribution is 2.40. The maximum atomic E-state index is 10.7. The minimum absolute atomic E-state index is 0.259. The number of carboxylic acid groups (broad SMARTS) is 1. The van der Waals surface area contributed by atoms with Crippen LogP contribution in [0.2, 0.25) is 0 Å². The van der Waals surface area contributed by atoms with Gasteiger partial charge in [0.15, 0.2) is 4.43 Å². The largest absolute Gasteiger partial charge is 0.478 e. The van der Waals surface area contributed by atoms with Crippen LogP contribution in [0.5, 0.6) is 0 Å². The summed E-state index contributed by atoms with van der Waals surface area (Å²) >= 11 is 1.88. The summed E-state index contributed by atoms with van der Waals surface area (Å²) in [7, 11) is 0. The van der Waals surface area contributed by atoms with Crippen LogP contribution in [0, 0.1) is 5.41 Å². The van der Waals surface area contributed by atoms with Crippen molar-refractivity contribution in [1.82, 2.24) is 0 Å². The van der Waals surface area contributed by atoms with Crippen molar-refractivity contribution < 1.29 is 32.5 Å². The van der Waals surface area contributed by atoms with Crippen LogP contribution >= 0.6 is 0 Å².